The Balaban J connectivity index is 2.06. The van der Waals surface area contributed by atoms with Crippen LogP contribution in [0.2, 0.25) is 0 Å². The van der Waals surface area contributed by atoms with E-state index >= 15 is 0 Å². The second-order valence-corrected chi connectivity index (χ2v) is 7.48. The van der Waals surface area contributed by atoms with Gasteiger partial charge in [-0.2, -0.15) is 5.01 Å². The van der Waals surface area contributed by atoms with Crippen molar-refractivity contribution in [2.24, 2.45) is 0 Å². The van der Waals surface area contributed by atoms with Crippen LogP contribution in [0.5, 0.6) is 5.75 Å². The maximum Gasteiger partial charge on any atom is 0.436 e. The average molecular weight is 429 g/mol. The third-order valence-corrected chi connectivity index (χ3v) is 3.76. The van der Waals surface area contributed by atoms with Crippen LogP contribution in [0.3, 0.4) is 0 Å². The summed E-state index contributed by atoms with van der Waals surface area (Å²) in [7, 11) is 1.33. The van der Waals surface area contributed by atoms with Crippen molar-refractivity contribution in [2.45, 2.75) is 33.0 Å². The van der Waals surface area contributed by atoms with Crippen LogP contribution in [0.15, 0.2) is 60.7 Å². The van der Waals surface area contributed by atoms with Crippen LogP contribution in [0.25, 0.3) is 0 Å². The molecule has 0 fully saturated rings. The largest absolute Gasteiger partial charge is 0.444 e. The molecule has 0 saturated carbocycles. The molecule has 31 heavy (non-hydrogen) atoms. The topological polar surface area (TPSA) is 97.4 Å². The number of rotatable bonds is 5. The second kappa shape index (κ2) is 10.9. The van der Waals surface area contributed by atoms with Gasteiger partial charge in [-0.1, -0.05) is 48.5 Å². The standard InChI is InChI=1S/C22H27N3O6/c1-22(2,3)31-19(26)23-16-25(21(28)30-18-13-9-6-10-14-18)24(4)20(27)29-15-17-11-7-5-8-12-17/h5-14H,15-16H2,1-4H3,(H,23,26). The van der Waals surface area contributed by atoms with Crippen molar-refractivity contribution in [2.75, 3.05) is 13.7 Å². The average Bonchev–Trinajstić information content (AvgIpc) is 2.72. The van der Waals surface area contributed by atoms with E-state index in [1.807, 2.05) is 18.2 Å². The number of carbonyl (C=O) groups is 3. The third kappa shape index (κ3) is 8.25. The van der Waals surface area contributed by atoms with Crippen molar-refractivity contribution >= 4 is 18.3 Å². The number of carbonyl (C=O) groups excluding carboxylic acids is 3. The van der Waals surface area contributed by atoms with Gasteiger partial charge in [0.25, 0.3) is 0 Å². The van der Waals surface area contributed by atoms with Crippen LogP contribution in [0, 0.1) is 0 Å². The number of hydrazine groups is 1. The zero-order chi connectivity index (χ0) is 22.9. The number of hydrogen-bond donors (Lipinski definition) is 1. The van der Waals surface area contributed by atoms with Crippen molar-refractivity contribution in [3.05, 3.63) is 66.2 Å². The molecule has 0 aromatic heterocycles. The summed E-state index contributed by atoms with van der Waals surface area (Å²) in [5.74, 6) is 0.279. The molecule has 0 unspecified atom stereocenters. The van der Waals surface area contributed by atoms with Crippen LogP contribution in [0.1, 0.15) is 26.3 Å². The van der Waals surface area contributed by atoms with E-state index < -0.39 is 23.9 Å². The van der Waals surface area contributed by atoms with E-state index in [9.17, 15) is 14.4 Å². The summed E-state index contributed by atoms with van der Waals surface area (Å²) >= 11 is 0. The molecule has 2 rings (SSSR count). The lowest BCUT2D eigenvalue weighted by Gasteiger charge is -2.30. The first-order valence-corrected chi connectivity index (χ1v) is 9.61. The molecule has 0 radical (unpaired) electrons. The molecule has 0 aliphatic rings. The maximum absolute atomic E-state index is 12.7. The summed E-state index contributed by atoms with van der Waals surface area (Å²) in [4.78, 5) is 37.2. The number of para-hydroxylation sites is 1. The molecule has 1 N–H and O–H groups in total. The van der Waals surface area contributed by atoms with E-state index in [4.69, 9.17) is 14.2 Å². The first-order valence-electron chi connectivity index (χ1n) is 9.61. The highest BCUT2D eigenvalue weighted by atomic mass is 16.6. The van der Waals surface area contributed by atoms with Gasteiger partial charge >= 0.3 is 18.3 Å². The summed E-state index contributed by atoms with van der Waals surface area (Å²) in [6.45, 7) is 4.77. The molecule has 0 spiro atoms. The highest BCUT2D eigenvalue weighted by Crippen LogP contribution is 2.12. The first-order chi connectivity index (χ1) is 14.7. The lowest BCUT2D eigenvalue weighted by Crippen LogP contribution is -2.53. The van der Waals surface area contributed by atoms with E-state index in [2.05, 4.69) is 5.32 Å². The van der Waals surface area contributed by atoms with E-state index in [-0.39, 0.29) is 19.0 Å². The Labute approximate surface area is 181 Å². The van der Waals surface area contributed by atoms with E-state index in [0.717, 1.165) is 15.6 Å². The van der Waals surface area contributed by atoms with Gasteiger partial charge in [0.1, 0.15) is 24.6 Å². The Kier molecular flexibility index (Phi) is 8.25. The molecule has 2 aromatic rings. The Morgan fingerprint density at radius 3 is 2.06 bits per heavy atom. The van der Waals surface area contributed by atoms with Crippen LogP contribution >= 0.6 is 0 Å². The molecule has 0 bridgehead atoms. The zero-order valence-corrected chi connectivity index (χ0v) is 18.0. The van der Waals surface area contributed by atoms with Crippen molar-refractivity contribution in [1.82, 2.24) is 15.3 Å². The predicted molar refractivity (Wildman–Crippen MR) is 113 cm³/mol. The van der Waals surface area contributed by atoms with Crippen molar-refractivity contribution in [3.63, 3.8) is 0 Å². The molecule has 0 aliphatic heterocycles. The second-order valence-electron chi connectivity index (χ2n) is 7.48. The Bertz CT molecular complexity index is 868. The number of benzene rings is 2. The molecule has 9 heteroatoms. The van der Waals surface area contributed by atoms with E-state index in [0.29, 0.717) is 0 Å². The lowest BCUT2D eigenvalue weighted by atomic mass is 10.2. The number of nitrogens with one attached hydrogen (secondary N) is 1. The molecular weight excluding hydrogens is 402 g/mol. The zero-order valence-electron chi connectivity index (χ0n) is 18.0. The summed E-state index contributed by atoms with van der Waals surface area (Å²) in [5, 5.41) is 4.25. The smallest absolute Gasteiger partial charge is 0.436 e. The molecule has 166 valence electrons. The summed E-state index contributed by atoms with van der Waals surface area (Å²) in [6.07, 6.45) is -2.45. The molecule has 9 nitrogen and oxygen atoms in total. The van der Waals surface area contributed by atoms with E-state index in [1.54, 1.807) is 63.2 Å². The van der Waals surface area contributed by atoms with Gasteiger partial charge in [-0.05, 0) is 38.5 Å². The van der Waals surface area contributed by atoms with Gasteiger partial charge < -0.3 is 19.5 Å². The summed E-state index contributed by atoms with van der Waals surface area (Å²) in [6, 6.07) is 17.4. The quantitative estimate of drug-likeness (QED) is 0.566. The Hall–Kier alpha value is -3.75. The molecule has 3 amide bonds. The summed E-state index contributed by atoms with van der Waals surface area (Å²) < 4.78 is 15.7. The van der Waals surface area contributed by atoms with E-state index in [1.165, 1.54) is 7.05 Å². The van der Waals surface area contributed by atoms with Gasteiger partial charge in [0.15, 0.2) is 0 Å². The van der Waals surface area contributed by atoms with Gasteiger partial charge in [-0.15, -0.1) is 0 Å². The molecule has 2 aromatic carbocycles. The molecule has 0 heterocycles. The number of hydrogen-bond acceptors (Lipinski definition) is 6. The van der Waals surface area contributed by atoms with Crippen LogP contribution in [-0.4, -0.2) is 47.6 Å². The highest BCUT2D eigenvalue weighted by Gasteiger charge is 2.27. The molecular formula is C22H27N3O6. The minimum Gasteiger partial charge on any atom is -0.444 e. The fourth-order valence-corrected chi connectivity index (χ4v) is 2.30. The fraction of sp³-hybridized carbons (Fsp3) is 0.318. The number of amides is 3. The van der Waals surface area contributed by atoms with Crippen LogP contribution < -0.4 is 10.1 Å². The van der Waals surface area contributed by atoms with Crippen LogP contribution in [-0.2, 0) is 16.1 Å². The minimum atomic E-state index is -0.888. The van der Waals surface area contributed by atoms with Gasteiger partial charge in [-0.25, -0.2) is 19.4 Å². The Morgan fingerprint density at radius 1 is 0.903 bits per heavy atom. The monoisotopic (exact) mass is 429 g/mol. The molecule has 0 saturated heterocycles. The summed E-state index contributed by atoms with van der Waals surface area (Å²) in [5.41, 5.74) is 0.0644. The van der Waals surface area contributed by atoms with Crippen molar-refractivity contribution in [3.8, 4) is 5.75 Å². The molecule has 0 atom stereocenters. The SMILES string of the molecule is CN(C(=O)OCc1ccccc1)N(CNC(=O)OC(C)(C)C)C(=O)Oc1ccccc1. The Morgan fingerprint density at radius 2 is 1.48 bits per heavy atom. The molecule has 0 aliphatic carbocycles. The fourth-order valence-electron chi connectivity index (χ4n) is 2.30. The number of ether oxygens (including phenoxy) is 3. The van der Waals surface area contributed by atoms with Crippen LogP contribution in [0.4, 0.5) is 14.4 Å². The highest BCUT2D eigenvalue weighted by molar-refractivity contribution is 5.76. The van der Waals surface area contributed by atoms with Gasteiger partial charge in [-0.3, -0.25) is 0 Å². The van der Waals surface area contributed by atoms with Gasteiger partial charge in [0, 0.05) is 7.05 Å². The third-order valence-electron chi connectivity index (χ3n) is 3.76. The number of alkyl carbamates (subject to hydrolysis) is 1. The number of nitrogens with zero attached hydrogens (tertiary/aromatic N) is 2. The first kappa shape index (κ1) is 23.5. The van der Waals surface area contributed by atoms with Crippen molar-refractivity contribution < 1.29 is 28.6 Å². The predicted octanol–water partition coefficient (Wildman–Crippen LogP) is 4.15. The van der Waals surface area contributed by atoms with Gasteiger partial charge in [0.05, 0.1) is 0 Å². The normalized spacial score (nSPS) is 10.6. The minimum absolute atomic E-state index is 0.0189. The maximum atomic E-state index is 12.7. The van der Waals surface area contributed by atoms with Crippen molar-refractivity contribution in [1.29, 1.82) is 0 Å². The van der Waals surface area contributed by atoms with Gasteiger partial charge in [0.2, 0.25) is 0 Å². The lowest BCUT2D eigenvalue weighted by molar-refractivity contribution is -0.00378.